The molecule has 2 heterocycles. The Morgan fingerprint density at radius 3 is 3.00 bits per heavy atom. The van der Waals surface area contributed by atoms with Gasteiger partial charge in [-0.3, -0.25) is 9.36 Å². The third-order valence-corrected chi connectivity index (χ3v) is 4.41. The Bertz CT molecular complexity index is 536. The summed E-state index contributed by atoms with van der Waals surface area (Å²) in [4.78, 5) is 14.9. The van der Waals surface area contributed by atoms with Crippen molar-refractivity contribution in [1.29, 1.82) is 0 Å². The van der Waals surface area contributed by atoms with Crippen molar-refractivity contribution >= 4 is 29.1 Å². The summed E-state index contributed by atoms with van der Waals surface area (Å²) in [5, 5.41) is 19.9. The van der Waals surface area contributed by atoms with E-state index >= 15 is 0 Å². The Morgan fingerprint density at radius 2 is 2.39 bits per heavy atom. The predicted molar refractivity (Wildman–Crippen MR) is 68.9 cm³/mol. The van der Waals surface area contributed by atoms with Crippen LogP contribution in [0.5, 0.6) is 0 Å². The topological polar surface area (TPSA) is 80.9 Å². The fourth-order valence-electron chi connectivity index (χ4n) is 1.46. The van der Waals surface area contributed by atoms with Crippen molar-refractivity contribution in [3.05, 3.63) is 22.9 Å². The highest BCUT2D eigenvalue weighted by molar-refractivity contribution is 7.99. The van der Waals surface area contributed by atoms with Crippen LogP contribution in [0.2, 0.25) is 0 Å². The molecule has 2 aromatic rings. The quantitative estimate of drug-likeness (QED) is 0.842. The summed E-state index contributed by atoms with van der Waals surface area (Å²) in [7, 11) is 0. The Labute approximate surface area is 112 Å². The number of carboxylic acid groups (broad SMARTS) is 1. The number of nitrogens with zero attached hydrogens (tertiary/aromatic N) is 4. The lowest BCUT2D eigenvalue weighted by Gasteiger charge is -2.24. The molecular weight excluding hydrogens is 272 g/mol. The lowest BCUT2D eigenvalue weighted by molar-refractivity contribution is -0.133. The summed E-state index contributed by atoms with van der Waals surface area (Å²) in [6, 6.07) is 0. The molecule has 0 fully saturated rings. The number of thioether (sulfide) groups is 1. The standard InChI is InChI=1S/C10H12N4O2S2/c1-10(2,8-11-3-4-17-8)14-6-12-13-9(14)18-5-7(15)16/h3-4,6H,5H2,1-2H3,(H,15,16). The smallest absolute Gasteiger partial charge is 0.313 e. The molecule has 8 heteroatoms. The predicted octanol–water partition coefficient (Wildman–Crippen LogP) is 1.69. The third-order valence-electron chi connectivity index (χ3n) is 2.40. The number of aromatic nitrogens is 4. The number of carbonyl (C=O) groups is 1. The maximum atomic E-state index is 10.6. The molecule has 0 spiro atoms. The summed E-state index contributed by atoms with van der Waals surface area (Å²) < 4.78 is 1.85. The van der Waals surface area contributed by atoms with E-state index in [1.54, 1.807) is 23.9 Å². The minimum absolute atomic E-state index is 0.0351. The van der Waals surface area contributed by atoms with Gasteiger partial charge in [-0.25, -0.2) is 4.98 Å². The van der Waals surface area contributed by atoms with Crippen LogP contribution >= 0.6 is 23.1 Å². The van der Waals surface area contributed by atoms with Gasteiger partial charge in [0, 0.05) is 11.6 Å². The molecule has 6 nitrogen and oxygen atoms in total. The normalized spacial score (nSPS) is 11.7. The minimum Gasteiger partial charge on any atom is -0.481 e. The van der Waals surface area contributed by atoms with Crippen LogP contribution in [-0.2, 0) is 10.3 Å². The van der Waals surface area contributed by atoms with E-state index in [0.717, 1.165) is 16.8 Å². The van der Waals surface area contributed by atoms with Gasteiger partial charge >= 0.3 is 5.97 Å². The SMILES string of the molecule is CC(C)(c1nccs1)n1cnnc1SCC(=O)O. The number of hydrogen-bond donors (Lipinski definition) is 1. The Hall–Kier alpha value is -1.41. The van der Waals surface area contributed by atoms with Crippen LogP contribution in [0, 0.1) is 0 Å². The van der Waals surface area contributed by atoms with Crippen LogP contribution in [0.25, 0.3) is 0 Å². The Balaban J connectivity index is 2.28. The molecule has 0 aliphatic heterocycles. The van der Waals surface area contributed by atoms with E-state index in [4.69, 9.17) is 5.11 Å². The van der Waals surface area contributed by atoms with Gasteiger partial charge in [-0.2, -0.15) is 0 Å². The van der Waals surface area contributed by atoms with E-state index < -0.39 is 11.5 Å². The summed E-state index contributed by atoms with van der Waals surface area (Å²) in [6.07, 6.45) is 3.35. The average molecular weight is 284 g/mol. The fourth-order valence-corrected chi connectivity index (χ4v) is 2.99. The zero-order chi connectivity index (χ0) is 13.2. The second-order valence-electron chi connectivity index (χ2n) is 4.06. The van der Waals surface area contributed by atoms with Gasteiger partial charge in [0.25, 0.3) is 0 Å². The van der Waals surface area contributed by atoms with E-state index in [2.05, 4.69) is 15.2 Å². The van der Waals surface area contributed by atoms with Crippen LogP contribution in [0.1, 0.15) is 18.9 Å². The first-order valence-electron chi connectivity index (χ1n) is 5.17. The summed E-state index contributed by atoms with van der Waals surface area (Å²) in [5.74, 6) is -0.909. The molecule has 96 valence electrons. The molecule has 0 aliphatic rings. The molecule has 0 atom stereocenters. The second kappa shape index (κ2) is 5.07. The zero-order valence-electron chi connectivity index (χ0n) is 9.90. The van der Waals surface area contributed by atoms with Gasteiger partial charge < -0.3 is 5.11 Å². The van der Waals surface area contributed by atoms with Gasteiger partial charge in [-0.05, 0) is 13.8 Å². The van der Waals surface area contributed by atoms with Crippen molar-refractivity contribution in [3.63, 3.8) is 0 Å². The molecule has 0 amide bonds. The summed E-state index contributed by atoms with van der Waals surface area (Å²) in [5.41, 5.74) is -0.390. The minimum atomic E-state index is -0.874. The van der Waals surface area contributed by atoms with Gasteiger partial charge in [0.15, 0.2) is 5.16 Å². The molecule has 2 rings (SSSR count). The largest absolute Gasteiger partial charge is 0.481 e. The van der Waals surface area contributed by atoms with Crippen LogP contribution in [0.4, 0.5) is 0 Å². The summed E-state index contributed by atoms with van der Waals surface area (Å²) in [6.45, 7) is 4.00. The molecule has 0 saturated heterocycles. The highest BCUT2D eigenvalue weighted by Crippen LogP contribution is 2.30. The van der Waals surface area contributed by atoms with Crippen molar-refractivity contribution < 1.29 is 9.90 Å². The molecule has 0 aliphatic carbocycles. The average Bonchev–Trinajstić information content (AvgIpc) is 2.97. The molecule has 0 saturated carbocycles. The van der Waals surface area contributed by atoms with Gasteiger partial charge in [-0.15, -0.1) is 21.5 Å². The first-order chi connectivity index (χ1) is 8.51. The van der Waals surface area contributed by atoms with Crippen molar-refractivity contribution in [3.8, 4) is 0 Å². The maximum absolute atomic E-state index is 10.6. The van der Waals surface area contributed by atoms with E-state index in [-0.39, 0.29) is 5.75 Å². The molecule has 0 radical (unpaired) electrons. The number of hydrogen-bond acceptors (Lipinski definition) is 6. The van der Waals surface area contributed by atoms with Crippen molar-refractivity contribution in [2.45, 2.75) is 24.5 Å². The first-order valence-corrected chi connectivity index (χ1v) is 7.03. The molecule has 2 aromatic heterocycles. The third kappa shape index (κ3) is 2.54. The van der Waals surface area contributed by atoms with Gasteiger partial charge in [0.05, 0.1) is 11.3 Å². The fraction of sp³-hybridized carbons (Fsp3) is 0.400. The second-order valence-corrected chi connectivity index (χ2v) is 5.90. The Morgan fingerprint density at radius 1 is 1.61 bits per heavy atom. The summed E-state index contributed by atoms with van der Waals surface area (Å²) >= 11 is 2.70. The lowest BCUT2D eigenvalue weighted by Crippen LogP contribution is -2.27. The van der Waals surface area contributed by atoms with E-state index in [0.29, 0.717) is 5.16 Å². The van der Waals surface area contributed by atoms with E-state index in [1.807, 2.05) is 23.8 Å². The van der Waals surface area contributed by atoms with Gasteiger partial charge in [-0.1, -0.05) is 11.8 Å². The number of rotatable bonds is 5. The molecule has 18 heavy (non-hydrogen) atoms. The van der Waals surface area contributed by atoms with Crippen molar-refractivity contribution in [1.82, 2.24) is 19.7 Å². The van der Waals surface area contributed by atoms with Crippen molar-refractivity contribution in [2.24, 2.45) is 0 Å². The monoisotopic (exact) mass is 284 g/mol. The maximum Gasteiger partial charge on any atom is 0.313 e. The molecule has 0 unspecified atom stereocenters. The van der Waals surface area contributed by atoms with Crippen LogP contribution < -0.4 is 0 Å². The first kappa shape index (κ1) is 13.0. The van der Waals surface area contributed by atoms with Crippen LogP contribution in [-0.4, -0.2) is 36.6 Å². The van der Waals surface area contributed by atoms with E-state index in [1.165, 1.54) is 0 Å². The van der Waals surface area contributed by atoms with Crippen LogP contribution in [0.3, 0.4) is 0 Å². The lowest BCUT2D eigenvalue weighted by atomic mass is 10.1. The molecule has 0 bridgehead atoms. The van der Waals surface area contributed by atoms with Crippen molar-refractivity contribution in [2.75, 3.05) is 5.75 Å². The number of carboxylic acids is 1. The highest BCUT2D eigenvalue weighted by atomic mass is 32.2. The van der Waals surface area contributed by atoms with Gasteiger partial charge in [0.1, 0.15) is 11.3 Å². The Kier molecular flexibility index (Phi) is 3.67. The molecule has 0 aromatic carbocycles. The number of thiazole rings is 1. The van der Waals surface area contributed by atoms with E-state index in [9.17, 15) is 4.79 Å². The number of aliphatic carboxylic acids is 1. The van der Waals surface area contributed by atoms with Gasteiger partial charge in [0.2, 0.25) is 0 Å². The molecular formula is C10H12N4O2S2. The zero-order valence-corrected chi connectivity index (χ0v) is 11.5. The highest BCUT2D eigenvalue weighted by Gasteiger charge is 2.28. The molecule has 1 N–H and O–H groups in total. The van der Waals surface area contributed by atoms with Crippen LogP contribution in [0.15, 0.2) is 23.1 Å².